The molecule has 0 aromatic carbocycles. The van der Waals surface area contributed by atoms with E-state index in [0.29, 0.717) is 0 Å². The Bertz CT molecular complexity index is 271. The summed E-state index contributed by atoms with van der Waals surface area (Å²) in [6.07, 6.45) is 3.86. The highest BCUT2D eigenvalue weighted by atomic mass is 127. The summed E-state index contributed by atoms with van der Waals surface area (Å²) >= 11 is 2.40. The minimum atomic E-state index is 0.0357. The van der Waals surface area contributed by atoms with Gasteiger partial charge in [0.15, 0.2) is 0 Å². The highest BCUT2D eigenvalue weighted by molar-refractivity contribution is 14.1. The van der Waals surface area contributed by atoms with Crippen molar-refractivity contribution in [2.75, 3.05) is 0 Å². The van der Waals surface area contributed by atoms with Crippen LogP contribution in [0.5, 0.6) is 0 Å². The van der Waals surface area contributed by atoms with E-state index in [4.69, 9.17) is 0 Å². The van der Waals surface area contributed by atoms with Crippen LogP contribution in [0.1, 0.15) is 46.0 Å². The molecular formula is C11H17IN2. The first-order chi connectivity index (χ1) is 6.21. The summed E-state index contributed by atoms with van der Waals surface area (Å²) in [6, 6.07) is 0. The van der Waals surface area contributed by atoms with Crippen molar-refractivity contribution in [3.8, 4) is 0 Å². The van der Waals surface area contributed by atoms with Crippen molar-refractivity contribution in [2.24, 2.45) is 0 Å². The minimum absolute atomic E-state index is 0.0357. The molecule has 0 saturated heterocycles. The van der Waals surface area contributed by atoms with Gasteiger partial charge in [-0.1, -0.05) is 43.4 Å². The summed E-state index contributed by atoms with van der Waals surface area (Å²) < 4.78 is 0.105. The molecule has 0 aliphatic carbocycles. The van der Waals surface area contributed by atoms with Crippen LogP contribution in [0.2, 0.25) is 0 Å². The van der Waals surface area contributed by atoms with Crippen LogP contribution in [0.4, 0.5) is 0 Å². The fraction of sp³-hybridized carbons (Fsp3) is 0.636. The lowest BCUT2D eigenvalue weighted by atomic mass is 9.95. The molecule has 0 atom stereocenters. The SMILES string of the molecule is CC(C)(C)c1ncc(C(C)(C)I)cn1. The molecule has 0 N–H and O–H groups in total. The van der Waals surface area contributed by atoms with E-state index in [0.717, 1.165) is 5.82 Å². The second-order valence-electron chi connectivity index (χ2n) is 5.02. The van der Waals surface area contributed by atoms with Crippen LogP contribution in [-0.4, -0.2) is 9.97 Å². The third-order valence-electron chi connectivity index (χ3n) is 2.01. The standard InChI is InChI=1S/C11H17IN2/c1-10(2,3)9-13-6-8(7-14-9)11(4,5)12/h6-7H,1-5H3. The van der Waals surface area contributed by atoms with Gasteiger partial charge in [-0.15, -0.1) is 0 Å². The van der Waals surface area contributed by atoms with Gasteiger partial charge in [-0.05, 0) is 13.8 Å². The minimum Gasteiger partial charge on any atom is -0.240 e. The molecular weight excluding hydrogens is 287 g/mol. The summed E-state index contributed by atoms with van der Waals surface area (Å²) in [6.45, 7) is 10.7. The lowest BCUT2D eigenvalue weighted by molar-refractivity contribution is 0.542. The fourth-order valence-electron chi connectivity index (χ4n) is 1.02. The molecule has 0 amide bonds. The van der Waals surface area contributed by atoms with E-state index in [-0.39, 0.29) is 8.84 Å². The normalized spacial score (nSPS) is 13.0. The van der Waals surface area contributed by atoms with Gasteiger partial charge in [-0.25, -0.2) is 9.97 Å². The van der Waals surface area contributed by atoms with Crippen LogP contribution in [-0.2, 0) is 8.84 Å². The smallest absolute Gasteiger partial charge is 0.133 e. The average Bonchev–Trinajstić information content (AvgIpc) is 2.01. The maximum Gasteiger partial charge on any atom is 0.133 e. The van der Waals surface area contributed by atoms with Crippen LogP contribution < -0.4 is 0 Å². The van der Waals surface area contributed by atoms with Gasteiger partial charge >= 0.3 is 0 Å². The quantitative estimate of drug-likeness (QED) is 0.587. The van der Waals surface area contributed by atoms with Gasteiger partial charge in [0, 0.05) is 26.8 Å². The van der Waals surface area contributed by atoms with Crippen molar-refractivity contribution in [3.63, 3.8) is 0 Å². The molecule has 0 saturated carbocycles. The van der Waals surface area contributed by atoms with Crippen LogP contribution >= 0.6 is 22.6 Å². The first-order valence-corrected chi connectivity index (χ1v) is 5.81. The predicted molar refractivity (Wildman–Crippen MR) is 67.8 cm³/mol. The predicted octanol–water partition coefficient (Wildman–Crippen LogP) is 3.44. The molecule has 78 valence electrons. The molecule has 3 heteroatoms. The number of hydrogen-bond acceptors (Lipinski definition) is 2. The summed E-state index contributed by atoms with van der Waals surface area (Å²) in [5.41, 5.74) is 1.21. The number of hydrogen-bond donors (Lipinski definition) is 0. The van der Waals surface area contributed by atoms with Crippen molar-refractivity contribution in [1.29, 1.82) is 0 Å². The molecule has 0 unspecified atom stereocenters. The molecule has 0 fully saturated rings. The van der Waals surface area contributed by atoms with Gasteiger partial charge in [0.25, 0.3) is 0 Å². The van der Waals surface area contributed by atoms with E-state index >= 15 is 0 Å². The Morgan fingerprint density at radius 1 is 1.00 bits per heavy atom. The first kappa shape index (κ1) is 11.9. The van der Waals surface area contributed by atoms with Crippen molar-refractivity contribution in [2.45, 2.75) is 43.5 Å². The van der Waals surface area contributed by atoms with E-state index in [9.17, 15) is 0 Å². The molecule has 1 heterocycles. The highest BCUT2D eigenvalue weighted by Gasteiger charge is 2.20. The number of rotatable bonds is 1. The largest absolute Gasteiger partial charge is 0.240 e. The molecule has 2 nitrogen and oxygen atoms in total. The van der Waals surface area contributed by atoms with E-state index in [1.807, 2.05) is 12.4 Å². The lowest BCUT2D eigenvalue weighted by Crippen LogP contribution is -2.17. The molecule has 0 aliphatic rings. The number of aromatic nitrogens is 2. The Labute approximate surface area is 99.7 Å². The van der Waals surface area contributed by atoms with Gasteiger partial charge in [0.1, 0.15) is 5.82 Å². The van der Waals surface area contributed by atoms with E-state index in [1.165, 1.54) is 5.56 Å². The van der Waals surface area contributed by atoms with Crippen molar-refractivity contribution >= 4 is 22.6 Å². The molecule has 1 rings (SSSR count). The first-order valence-electron chi connectivity index (χ1n) is 4.73. The van der Waals surface area contributed by atoms with Gasteiger partial charge in [-0.2, -0.15) is 0 Å². The van der Waals surface area contributed by atoms with Crippen molar-refractivity contribution < 1.29 is 0 Å². The lowest BCUT2D eigenvalue weighted by Gasteiger charge is -2.19. The van der Waals surface area contributed by atoms with Gasteiger partial charge in [0.05, 0.1) is 0 Å². The van der Waals surface area contributed by atoms with Crippen LogP contribution in [0.15, 0.2) is 12.4 Å². The zero-order chi connectivity index (χ0) is 11.0. The highest BCUT2D eigenvalue weighted by Crippen LogP contribution is 2.30. The number of halogens is 1. The molecule has 14 heavy (non-hydrogen) atoms. The number of nitrogens with zero attached hydrogens (tertiary/aromatic N) is 2. The van der Waals surface area contributed by atoms with Crippen molar-refractivity contribution in [1.82, 2.24) is 9.97 Å². The second-order valence-corrected chi connectivity index (χ2v) is 7.71. The molecule has 0 radical (unpaired) electrons. The van der Waals surface area contributed by atoms with E-state index in [1.54, 1.807) is 0 Å². The second kappa shape index (κ2) is 3.76. The Hall–Kier alpha value is -0.190. The Morgan fingerprint density at radius 3 is 1.71 bits per heavy atom. The van der Waals surface area contributed by atoms with Crippen molar-refractivity contribution in [3.05, 3.63) is 23.8 Å². The maximum absolute atomic E-state index is 4.40. The van der Waals surface area contributed by atoms with E-state index in [2.05, 4.69) is 67.2 Å². The van der Waals surface area contributed by atoms with Gasteiger partial charge in [-0.3, -0.25) is 0 Å². The summed E-state index contributed by atoms with van der Waals surface area (Å²) in [5, 5.41) is 0. The zero-order valence-electron chi connectivity index (χ0n) is 9.43. The molecule has 0 bridgehead atoms. The van der Waals surface area contributed by atoms with Gasteiger partial charge in [0.2, 0.25) is 0 Å². The summed E-state index contributed by atoms with van der Waals surface area (Å²) in [7, 11) is 0. The van der Waals surface area contributed by atoms with Gasteiger partial charge < -0.3 is 0 Å². The maximum atomic E-state index is 4.40. The molecule has 0 aliphatic heterocycles. The molecule has 1 aromatic rings. The third kappa shape index (κ3) is 2.90. The fourth-order valence-corrected chi connectivity index (χ4v) is 1.30. The third-order valence-corrected chi connectivity index (χ3v) is 2.63. The Balaban J connectivity index is 3.02. The van der Waals surface area contributed by atoms with E-state index < -0.39 is 0 Å². The monoisotopic (exact) mass is 304 g/mol. The van der Waals surface area contributed by atoms with Crippen LogP contribution in [0, 0.1) is 0 Å². The molecule has 1 aromatic heterocycles. The summed E-state index contributed by atoms with van der Waals surface area (Å²) in [5.74, 6) is 0.905. The summed E-state index contributed by atoms with van der Waals surface area (Å²) in [4.78, 5) is 8.80. The zero-order valence-corrected chi connectivity index (χ0v) is 11.6. The Morgan fingerprint density at radius 2 is 1.43 bits per heavy atom. The van der Waals surface area contributed by atoms with Crippen LogP contribution in [0.3, 0.4) is 0 Å². The Kier molecular flexibility index (Phi) is 3.19. The van der Waals surface area contributed by atoms with Crippen LogP contribution in [0.25, 0.3) is 0 Å². The average molecular weight is 304 g/mol. The molecule has 0 spiro atoms. The number of alkyl halides is 1. The topological polar surface area (TPSA) is 25.8 Å².